The smallest absolute Gasteiger partial charge is 0.224 e. The minimum absolute atomic E-state index is 0.0131. The number of aryl methyl sites for hydroxylation is 1. The summed E-state index contributed by atoms with van der Waals surface area (Å²) in [4.78, 5) is 11.2. The van der Waals surface area contributed by atoms with Crippen LogP contribution >= 0.6 is 0 Å². The maximum absolute atomic E-state index is 11.2. The van der Waals surface area contributed by atoms with Crippen LogP contribution in [0, 0.1) is 0 Å². The molecule has 1 aliphatic heterocycles. The number of anilines is 1. The van der Waals surface area contributed by atoms with E-state index in [1.807, 2.05) is 25.1 Å². The second-order valence-corrected chi connectivity index (χ2v) is 3.75. The van der Waals surface area contributed by atoms with E-state index in [1.54, 1.807) is 0 Å². The van der Waals surface area contributed by atoms with Gasteiger partial charge < -0.3 is 11.1 Å². The highest BCUT2D eigenvalue weighted by molar-refractivity contribution is 5.93. The molecule has 1 heterocycles. The molecule has 0 aromatic heterocycles. The lowest BCUT2D eigenvalue weighted by atomic mass is 9.99. The summed E-state index contributed by atoms with van der Waals surface area (Å²) >= 11 is 0. The van der Waals surface area contributed by atoms with Crippen LogP contribution in [0.25, 0.3) is 0 Å². The number of hydrogen-bond donors (Lipinski definition) is 2. The van der Waals surface area contributed by atoms with E-state index in [0.29, 0.717) is 6.42 Å². The van der Waals surface area contributed by atoms with Crippen LogP contribution in [0.4, 0.5) is 5.69 Å². The van der Waals surface area contributed by atoms with Crippen LogP contribution in [-0.4, -0.2) is 5.91 Å². The molecule has 0 fully saturated rings. The van der Waals surface area contributed by atoms with Crippen LogP contribution in [0.2, 0.25) is 0 Å². The fourth-order valence-corrected chi connectivity index (χ4v) is 1.67. The van der Waals surface area contributed by atoms with Crippen LogP contribution in [0.1, 0.15) is 30.5 Å². The van der Waals surface area contributed by atoms with E-state index in [9.17, 15) is 4.79 Å². The summed E-state index contributed by atoms with van der Waals surface area (Å²) in [6.45, 7) is 1.94. The Kier molecular flexibility index (Phi) is 2.25. The van der Waals surface area contributed by atoms with Gasteiger partial charge in [-0.25, -0.2) is 0 Å². The van der Waals surface area contributed by atoms with Gasteiger partial charge in [-0.2, -0.15) is 0 Å². The number of carbonyl (C=O) groups is 1. The quantitative estimate of drug-likeness (QED) is 0.706. The zero-order chi connectivity index (χ0) is 10.1. The Labute approximate surface area is 83.3 Å². The van der Waals surface area contributed by atoms with Gasteiger partial charge in [0.2, 0.25) is 5.91 Å². The molecule has 0 aliphatic carbocycles. The van der Waals surface area contributed by atoms with Crippen molar-refractivity contribution in [2.24, 2.45) is 5.73 Å². The molecule has 74 valence electrons. The molecule has 0 saturated heterocycles. The summed E-state index contributed by atoms with van der Waals surface area (Å²) < 4.78 is 0. The van der Waals surface area contributed by atoms with Gasteiger partial charge >= 0.3 is 0 Å². The molecule has 3 heteroatoms. The molecule has 1 aliphatic rings. The monoisotopic (exact) mass is 190 g/mol. The van der Waals surface area contributed by atoms with Gasteiger partial charge in [0, 0.05) is 18.2 Å². The molecule has 2 rings (SSSR count). The molecule has 1 aromatic rings. The number of rotatable bonds is 1. The van der Waals surface area contributed by atoms with Crippen LogP contribution in [0.15, 0.2) is 18.2 Å². The lowest BCUT2D eigenvalue weighted by Gasteiger charge is -2.18. The molecule has 1 atom stereocenters. The normalized spacial score (nSPS) is 17.1. The molecule has 3 nitrogen and oxygen atoms in total. The van der Waals surface area contributed by atoms with E-state index in [0.717, 1.165) is 17.7 Å². The maximum Gasteiger partial charge on any atom is 0.224 e. The highest BCUT2D eigenvalue weighted by Gasteiger charge is 2.15. The van der Waals surface area contributed by atoms with Crippen molar-refractivity contribution in [1.82, 2.24) is 0 Å². The van der Waals surface area contributed by atoms with Crippen molar-refractivity contribution in [2.75, 3.05) is 5.32 Å². The van der Waals surface area contributed by atoms with Crippen molar-refractivity contribution >= 4 is 11.6 Å². The topological polar surface area (TPSA) is 55.1 Å². The standard InChI is InChI=1S/C11H14N2O/c1-7(12)9-3-2-8-4-5-11(14)13-10(8)6-9/h2-3,6-7H,4-5,12H2,1H3,(H,13,14). The van der Waals surface area contributed by atoms with Gasteiger partial charge in [-0.15, -0.1) is 0 Å². The number of nitrogens with two attached hydrogens (primary N) is 1. The summed E-state index contributed by atoms with van der Waals surface area (Å²) in [7, 11) is 0. The molecule has 1 aromatic carbocycles. The van der Waals surface area contributed by atoms with Crippen molar-refractivity contribution in [1.29, 1.82) is 0 Å². The minimum Gasteiger partial charge on any atom is -0.326 e. The Morgan fingerprint density at radius 2 is 2.21 bits per heavy atom. The van der Waals surface area contributed by atoms with Gasteiger partial charge in [0.15, 0.2) is 0 Å². The Hall–Kier alpha value is -1.35. The third kappa shape index (κ3) is 1.63. The largest absolute Gasteiger partial charge is 0.326 e. The fraction of sp³-hybridized carbons (Fsp3) is 0.364. The summed E-state index contributed by atoms with van der Waals surface area (Å²) in [6.07, 6.45) is 1.42. The molecule has 0 radical (unpaired) electrons. The summed E-state index contributed by atoms with van der Waals surface area (Å²) in [5, 5.41) is 2.86. The average molecular weight is 190 g/mol. The van der Waals surface area contributed by atoms with E-state index >= 15 is 0 Å². The minimum atomic E-state index is 0.0131. The van der Waals surface area contributed by atoms with Gasteiger partial charge in [-0.05, 0) is 30.5 Å². The molecule has 0 spiro atoms. The first-order valence-corrected chi connectivity index (χ1v) is 4.85. The van der Waals surface area contributed by atoms with Gasteiger partial charge in [0.05, 0.1) is 0 Å². The third-order valence-corrected chi connectivity index (χ3v) is 2.56. The highest BCUT2D eigenvalue weighted by atomic mass is 16.1. The highest BCUT2D eigenvalue weighted by Crippen LogP contribution is 2.25. The van der Waals surface area contributed by atoms with Crippen LogP contribution in [0.3, 0.4) is 0 Å². The Balaban J connectivity index is 2.37. The SMILES string of the molecule is CC(N)c1ccc2c(c1)NC(=O)CC2. The van der Waals surface area contributed by atoms with E-state index in [4.69, 9.17) is 5.73 Å². The first-order valence-electron chi connectivity index (χ1n) is 4.85. The zero-order valence-electron chi connectivity index (χ0n) is 8.21. The number of nitrogens with one attached hydrogen (secondary N) is 1. The van der Waals surface area contributed by atoms with E-state index in [2.05, 4.69) is 5.32 Å². The summed E-state index contributed by atoms with van der Waals surface area (Å²) in [5.74, 6) is 0.0966. The fourth-order valence-electron chi connectivity index (χ4n) is 1.67. The van der Waals surface area contributed by atoms with E-state index < -0.39 is 0 Å². The molecule has 0 saturated carbocycles. The number of amides is 1. The Morgan fingerprint density at radius 3 is 2.93 bits per heavy atom. The lowest BCUT2D eigenvalue weighted by molar-refractivity contribution is -0.116. The van der Waals surface area contributed by atoms with E-state index in [-0.39, 0.29) is 11.9 Å². The van der Waals surface area contributed by atoms with Crippen LogP contribution in [0.5, 0.6) is 0 Å². The van der Waals surface area contributed by atoms with Crippen molar-refractivity contribution < 1.29 is 4.79 Å². The van der Waals surface area contributed by atoms with Crippen LogP contribution < -0.4 is 11.1 Å². The molecule has 1 unspecified atom stereocenters. The van der Waals surface area contributed by atoms with Crippen LogP contribution in [-0.2, 0) is 11.2 Å². The number of hydrogen-bond acceptors (Lipinski definition) is 2. The van der Waals surface area contributed by atoms with E-state index in [1.165, 1.54) is 5.56 Å². The van der Waals surface area contributed by atoms with Gasteiger partial charge in [0.25, 0.3) is 0 Å². The second kappa shape index (κ2) is 3.42. The molecular formula is C11H14N2O. The lowest BCUT2D eigenvalue weighted by Crippen LogP contribution is -2.19. The van der Waals surface area contributed by atoms with Gasteiger partial charge in [0.1, 0.15) is 0 Å². The van der Waals surface area contributed by atoms with Gasteiger partial charge in [-0.3, -0.25) is 4.79 Å². The molecule has 1 amide bonds. The van der Waals surface area contributed by atoms with Crippen molar-refractivity contribution in [3.05, 3.63) is 29.3 Å². The Morgan fingerprint density at radius 1 is 1.43 bits per heavy atom. The molecule has 3 N–H and O–H groups in total. The summed E-state index contributed by atoms with van der Waals surface area (Å²) in [6, 6.07) is 6.06. The predicted octanol–water partition coefficient (Wildman–Crippen LogP) is 1.59. The Bertz CT molecular complexity index is 372. The van der Waals surface area contributed by atoms with Crippen molar-refractivity contribution in [3.63, 3.8) is 0 Å². The van der Waals surface area contributed by atoms with Crippen molar-refractivity contribution in [3.8, 4) is 0 Å². The number of fused-ring (bicyclic) bond motifs is 1. The molecule has 0 bridgehead atoms. The average Bonchev–Trinajstić information content (AvgIpc) is 2.16. The first-order chi connectivity index (χ1) is 6.66. The third-order valence-electron chi connectivity index (χ3n) is 2.56. The summed E-state index contributed by atoms with van der Waals surface area (Å²) in [5.41, 5.74) is 8.96. The first kappa shape index (κ1) is 9.21. The predicted molar refractivity (Wildman–Crippen MR) is 56.0 cm³/mol. The number of benzene rings is 1. The van der Waals surface area contributed by atoms with Gasteiger partial charge in [-0.1, -0.05) is 12.1 Å². The molecule has 14 heavy (non-hydrogen) atoms. The number of carbonyl (C=O) groups excluding carboxylic acids is 1. The maximum atomic E-state index is 11.2. The molecular weight excluding hydrogens is 176 g/mol. The second-order valence-electron chi connectivity index (χ2n) is 3.75. The zero-order valence-corrected chi connectivity index (χ0v) is 8.21. The van der Waals surface area contributed by atoms with Crippen molar-refractivity contribution in [2.45, 2.75) is 25.8 Å².